The van der Waals surface area contributed by atoms with Crippen molar-refractivity contribution >= 4 is 12.0 Å². The zero-order chi connectivity index (χ0) is 16.1. The smallest absolute Gasteiger partial charge is 0.253 e. The maximum absolute atomic E-state index is 12.4. The third-order valence-corrected chi connectivity index (χ3v) is 3.40. The van der Waals surface area contributed by atoms with E-state index in [9.17, 15) is 4.79 Å². The first-order chi connectivity index (χ1) is 10.6. The van der Waals surface area contributed by atoms with E-state index in [1.807, 2.05) is 31.2 Å². The van der Waals surface area contributed by atoms with Crippen molar-refractivity contribution in [3.8, 4) is 17.6 Å². The van der Waals surface area contributed by atoms with E-state index in [-0.39, 0.29) is 18.4 Å². The number of hydrogen-bond acceptors (Lipinski definition) is 4. The number of benzene rings is 1. The van der Waals surface area contributed by atoms with Gasteiger partial charge in [-0.25, -0.2) is 0 Å². The Morgan fingerprint density at radius 1 is 1.55 bits per heavy atom. The van der Waals surface area contributed by atoms with Crippen LogP contribution in [0, 0.1) is 17.2 Å². The molecular formula is C17H20N2O3. The number of amides is 1. The standard InChI is InChI=1S/C17H20N2O3/c1-4-21-15-7-5-6-13-8-14(11-22-16(13)15)17(20)19(3)10-12(2)9-18/h5-8,12H,4,10-11H2,1-3H3/t12-/m0/s1. The Morgan fingerprint density at radius 2 is 2.32 bits per heavy atom. The van der Waals surface area contributed by atoms with Crippen molar-refractivity contribution in [2.24, 2.45) is 5.92 Å². The average Bonchev–Trinajstić information content (AvgIpc) is 2.54. The summed E-state index contributed by atoms with van der Waals surface area (Å²) in [5.74, 6) is 1.05. The normalized spacial score (nSPS) is 14.0. The van der Waals surface area contributed by atoms with Gasteiger partial charge in [0.05, 0.1) is 24.2 Å². The molecule has 0 saturated heterocycles. The Hall–Kier alpha value is -2.48. The van der Waals surface area contributed by atoms with E-state index in [1.54, 1.807) is 18.9 Å². The highest BCUT2D eigenvalue weighted by atomic mass is 16.5. The van der Waals surface area contributed by atoms with Gasteiger partial charge >= 0.3 is 0 Å². The van der Waals surface area contributed by atoms with Crippen LogP contribution in [0.4, 0.5) is 0 Å². The molecule has 1 amide bonds. The van der Waals surface area contributed by atoms with Crippen molar-refractivity contribution < 1.29 is 14.3 Å². The number of likely N-dealkylation sites (N-methyl/N-ethyl adjacent to an activating group) is 1. The first kappa shape index (κ1) is 15.9. The molecular weight excluding hydrogens is 280 g/mol. The molecule has 1 aliphatic heterocycles. The summed E-state index contributed by atoms with van der Waals surface area (Å²) >= 11 is 0. The lowest BCUT2D eigenvalue weighted by atomic mass is 10.1. The molecule has 1 atom stereocenters. The molecule has 0 aromatic heterocycles. The summed E-state index contributed by atoms with van der Waals surface area (Å²) in [4.78, 5) is 14.0. The van der Waals surface area contributed by atoms with Crippen molar-refractivity contribution in [3.05, 3.63) is 29.3 Å². The highest BCUT2D eigenvalue weighted by molar-refractivity contribution is 5.99. The molecule has 5 nitrogen and oxygen atoms in total. The van der Waals surface area contributed by atoms with E-state index in [0.29, 0.717) is 30.2 Å². The second-order valence-electron chi connectivity index (χ2n) is 5.28. The molecule has 0 bridgehead atoms. The lowest BCUT2D eigenvalue weighted by Crippen LogP contribution is -2.33. The number of rotatable bonds is 5. The zero-order valence-electron chi connectivity index (χ0n) is 13.1. The quantitative estimate of drug-likeness (QED) is 0.838. The molecule has 0 spiro atoms. The molecule has 0 saturated carbocycles. The van der Waals surface area contributed by atoms with Crippen LogP contribution in [0.25, 0.3) is 6.08 Å². The number of nitrogens with zero attached hydrogens (tertiary/aromatic N) is 2. The van der Waals surface area contributed by atoms with Gasteiger partial charge in [-0.05, 0) is 26.0 Å². The van der Waals surface area contributed by atoms with Crippen LogP contribution in [0.15, 0.2) is 23.8 Å². The fraction of sp³-hybridized carbons (Fsp3) is 0.412. The highest BCUT2D eigenvalue weighted by Gasteiger charge is 2.23. The minimum atomic E-state index is -0.198. The maximum Gasteiger partial charge on any atom is 0.253 e. The SMILES string of the molecule is CCOc1cccc2c1OCC(C(=O)N(C)C[C@@H](C)C#N)=C2. The Labute approximate surface area is 130 Å². The van der Waals surface area contributed by atoms with E-state index in [0.717, 1.165) is 5.56 Å². The van der Waals surface area contributed by atoms with E-state index in [2.05, 4.69) is 6.07 Å². The van der Waals surface area contributed by atoms with Crippen molar-refractivity contribution in [2.75, 3.05) is 26.8 Å². The molecule has 0 unspecified atom stereocenters. The topological polar surface area (TPSA) is 62.6 Å². The van der Waals surface area contributed by atoms with Gasteiger partial charge in [0.25, 0.3) is 5.91 Å². The summed E-state index contributed by atoms with van der Waals surface area (Å²) in [6.07, 6.45) is 1.83. The van der Waals surface area contributed by atoms with Crippen LogP contribution >= 0.6 is 0 Å². The molecule has 1 aromatic carbocycles. The fourth-order valence-corrected chi connectivity index (χ4v) is 2.35. The van der Waals surface area contributed by atoms with Gasteiger partial charge in [0.15, 0.2) is 11.5 Å². The third-order valence-electron chi connectivity index (χ3n) is 3.40. The summed E-state index contributed by atoms with van der Waals surface area (Å²) in [5.41, 5.74) is 1.41. The Balaban J connectivity index is 2.20. The van der Waals surface area contributed by atoms with Gasteiger partial charge < -0.3 is 14.4 Å². The molecule has 0 N–H and O–H groups in total. The lowest BCUT2D eigenvalue weighted by molar-refractivity contribution is -0.126. The number of ether oxygens (including phenoxy) is 2. The van der Waals surface area contributed by atoms with Crippen LogP contribution in [0.1, 0.15) is 19.4 Å². The van der Waals surface area contributed by atoms with E-state index < -0.39 is 0 Å². The van der Waals surface area contributed by atoms with Crippen LogP contribution in [-0.4, -0.2) is 37.6 Å². The Bertz CT molecular complexity index is 631. The summed E-state index contributed by atoms with van der Waals surface area (Å²) in [6.45, 7) is 4.88. The van der Waals surface area contributed by atoms with Gasteiger partial charge in [0.2, 0.25) is 0 Å². The second kappa shape index (κ2) is 6.99. The molecule has 1 aliphatic rings. The first-order valence-corrected chi connectivity index (χ1v) is 7.31. The molecule has 5 heteroatoms. The van der Waals surface area contributed by atoms with Gasteiger partial charge in [-0.2, -0.15) is 5.26 Å². The van der Waals surface area contributed by atoms with E-state index in [1.165, 1.54) is 0 Å². The number of hydrogen-bond donors (Lipinski definition) is 0. The first-order valence-electron chi connectivity index (χ1n) is 7.31. The van der Waals surface area contributed by atoms with Gasteiger partial charge in [0, 0.05) is 19.2 Å². The van der Waals surface area contributed by atoms with Crippen molar-refractivity contribution in [1.82, 2.24) is 4.90 Å². The average molecular weight is 300 g/mol. The number of nitriles is 1. The van der Waals surface area contributed by atoms with Crippen LogP contribution in [0.5, 0.6) is 11.5 Å². The molecule has 0 fully saturated rings. The minimum absolute atomic E-state index is 0.116. The highest BCUT2D eigenvalue weighted by Crippen LogP contribution is 2.36. The van der Waals surface area contributed by atoms with E-state index in [4.69, 9.17) is 14.7 Å². The summed E-state index contributed by atoms with van der Waals surface area (Å²) in [5, 5.41) is 8.85. The third kappa shape index (κ3) is 3.40. The monoisotopic (exact) mass is 300 g/mol. The zero-order valence-corrected chi connectivity index (χ0v) is 13.1. The summed E-state index contributed by atoms with van der Waals surface area (Å²) < 4.78 is 11.2. The number of para-hydroxylation sites is 1. The predicted octanol–water partition coefficient (Wildman–Crippen LogP) is 2.48. The van der Waals surface area contributed by atoms with Crippen LogP contribution in [0.3, 0.4) is 0 Å². The Morgan fingerprint density at radius 3 is 3.00 bits per heavy atom. The lowest BCUT2D eigenvalue weighted by Gasteiger charge is -2.24. The molecule has 2 rings (SSSR count). The maximum atomic E-state index is 12.4. The van der Waals surface area contributed by atoms with Crippen molar-refractivity contribution in [1.29, 1.82) is 5.26 Å². The largest absolute Gasteiger partial charge is 0.490 e. The fourth-order valence-electron chi connectivity index (χ4n) is 2.35. The predicted molar refractivity (Wildman–Crippen MR) is 83.5 cm³/mol. The molecule has 1 heterocycles. The number of fused-ring (bicyclic) bond motifs is 1. The van der Waals surface area contributed by atoms with Crippen LogP contribution in [0.2, 0.25) is 0 Å². The molecule has 0 aliphatic carbocycles. The van der Waals surface area contributed by atoms with Gasteiger partial charge in [0.1, 0.15) is 6.61 Å². The summed E-state index contributed by atoms with van der Waals surface area (Å²) in [7, 11) is 1.70. The van der Waals surface area contributed by atoms with Gasteiger partial charge in [-0.1, -0.05) is 12.1 Å². The van der Waals surface area contributed by atoms with Crippen LogP contribution in [-0.2, 0) is 4.79 Å². The number of carbonyl (C=O) groups is 1. The Kier molecular flexibility index (Phi) is 5.05. The molecule has 0 radical (unpaired) electrons. The second-order valence-corrected chi connectivity index (χ2v) is 5.28. The molecule has 1 aromatic rings. The minimum Gasteiger partial charge on any atom is -0.490 e. The molecule has 22 heavy (non-hydrogen) atoms. The molecule has 116 valence electrons. The summed E-state index contributed by atoms with van der Waals surface area (Å²) in [6, 6.07) is 7.75. The van der Waals surface area contributed by atoms with Crippen molar-refractivity contribution in [2.45, 2.75) is 13.8 Å². The van der Waals surface area contributed by atoms with Crippen molar-refractivity contribution in [3.63, 3.8) is 0 Å². The van der Waals surface area contributed by atoms with E-state index >= 15 is 0 Å². The number of carbonyl (C=O) groups excluding carboxylic acids is 1. The van der Waals surface area contributed by atoms with Gasteiger partial charge in [-0.15, -0.1) is 0 Å². The van der Waals surface area contributed by atoms with Crippen LogP contribution < -0.4 is 9.47 Å². The van der Waals surface area contributed by atoms with Gasteiger partial charge in [-0.3, -0.25) is 4.79 Å².